The van der Waals surface area contributed by atoms with Gasteiger partial charge in [0, 0.05) is 38.5 Å². The minimum Gasteiger partial charge on any atom is -0.381 e. The summed E-state index contributed by atoms with van der Waals surface area (Å²) in [6, 6.07) is 0. The van der Waals surface area contributed by atoms with Crippen LogP contribution in [0, 0.1) is 5.92 Å². The van der Waals surface area contributed by atoms with Gasteiger partial charge in [-0.2, -0.15) is 11.8 Å². The highest BCUT2D eigenvalue weighted by atomic mass is 32.2. The van der Waals surface area contributed by atoms with Gasteiger partial charge in [0.25, 0.3) is 0 Å². The highest BCUT2D eigenvalue weighted by Crippen LogP contribution is 2.10. The zero-order chi connectivity index (χ0) is 10.9. The second-order valence-corrected chi connectivity index (χ2v) is 5.22. The summed E-state index contributed by atoms with van der Waals surface area (Å²) in [7, 11) is 2.19. The fourth-order valence-corrected chi connectivity index (χ4v) is 2.17. The number of thioether (sulfide) groups is 1. The molecule has 90 valence electrons. The van der Waals surface area contributed by atoms with Gasteiger partial charge in [0.2, 0.25) is 0 Å². The van der Waals surface area contributed by atoms with E-state index in [1.807, 2.05) is 11.8 Å². The summed E-state index contributed by atoms with van der Waals surface area (Å²) in [6.07, 6.45) is 3.39. The van der Waals surface area contributed by atoms with E-state index in [1.165, 1.54) is 18.7 Å². The summed E-state index contributed by atoms with van der Waals surface area (Å²) < 4.78 is 5.34. The second-order valence-electron chi connectivity index (χ2n) is 4.23. The summed E-state index contributed by atoms with van der Waals surface area (Å²) >= 11 is 1.91. The van der Waals surface area contributed by atoms with Gasteiger partial charge in [0.05, 0.1) is 6.61 Å². The van der Waals surface area contributed by atoms with Gasteiger partial charge in [-0.3, -0.25) is 0 Å². The molecule has 0 spiro atoms. The Morgan fingerprint density at radius 2 is 2.33 bits per heavy atom. The van der Waals surface area contributed by atoms with Gasteiger partial charge in [0.15, 0.2) is 0 Å². The molecule has 1 aliphatic heterocycles. The molecule has 4 heteroatoms. The molecule has 3 nitrogen and oxygen atoms in total. The molecule has 0 aromatic heterocycles. The van der Waals surface area contributed by atoms with Crippen molar-refractivity contribution < 1.29 is 4.74 Å². The Balaban J connectivity index is 1.87. The molecule has 0 bridgehead atoms. The normalized spacial score (nSPS) is 21.4. The van der Waals surface area contributed by atoms with E-state index in [-0.39, 0.29) is 0 Å². The molecule has 1 atom stereocenters. The summed E-state index contributed by atoms with van der Waals surface area (Å²) in [5.74, 6) is 1.98. The molecule has 0 aromatic carbocycles. The third-order valence-corrected chi connectivity index (χ3v) is 3.40. The van der Waals surface area contributed by atoms with Crippen LogP contribution in [0.15, 0.2) is 0 Å². The van der Waals surface area contributed by atoms with E-state index >= 15 is 0 Å². The van der Waals surface area contributed by atoms with E-state index in [1.54, 1.807) is 0 Å². The first kappa shape index (κ1) is 13.3. The van der Waals surface area contributed by atoms with Crippen LogP contribution in [0.1, 0.15) is 6.42 Å². The summed E-state index contributed by atoms with van der Waals surface area (Å²) in [6.45, 7) is 6.47. The van der Waals surface area contributed by atoms with Crippen LogP contribution in [-0.2, 0) is 4.74 Å². The molecule has 0 amide bonds. The van der Waals surface area contributed by atoms with Crippen LogP contribution in [0.4, 0.5) is 0 Å². The standard InChI is InChI=1S/C11H24N2OS/c1-13(6-8-15-2)5-4-12-9-11-3-7-14-10-11/h11-12H,3-10H2,1-2H3. The molecule has 1 fully saturated rings. The maximum atomic E-state index is 5.34. The highest BCUT2D eigenvalue weighted by molar-refractivity contribution is 7.98. The van der Waals surface area contributed by atoms with Crippen molar-refractivity contribution in [1.29, 1.82) is 0 Å². The van der Waals surface area contributed by atoms with Crippen LogP contribution in [-0.4, -0.2) is 63.3 Å². The minimum absolute atomic E-state index is 0.751. The Bertz CT molecular complexity index is 152. The maximum Gasteiger partial charge on any atom is 0.0507 e. The SMILES string of the molecule is CSCCN(C)CCNCC1CCOC1. The number of nitrogens with one attached hydrogen (secondary N) is 1. The molecule has 0 aliphatic carbocycles. The van der Waals surface area contributed by atoms with Crippen molar-refractivity contribution >= 4 is 11.8 Å². The summed E-state index contributed by atoms with van der Waals surface area (Å²) in [5, 5.41) is 3.51. The summed E-state index contributed by atoms with van der Waals surface area (Å²) in [4.78, 5) is 2.38. The number of hydrogen-bond acceptors (Lipinski definition) is 4. The van der Waals surface area contributed by atoms with Crippen LogP contribution in [0.25, 0.3) is 0 Å². The summed E-state index contributed by atoms with van der Waals surface area (Å²) in [5.41, 5.74) is 0. The lowest BCUT2D eigenvalue weighted by Crippen LogP contribution is -2.33. The van der Waals surface area contributed by atoms with Crippen molar-refractivity contribution in [3.8, 4) is 0 Å². The van der Waals surface area contributed by atoms with E-state index in [2.05, 4.69) is 23.5 Å². The Kier molecular flexibility index (Phi) is 7.44. The third kappa shape index (κ3) is 6.40. The molecule has 0 aromatic rings. The molecule has 1 saturated heterocycles. The molecule has 15 heavy (non-hydrogen) atoms. The van der Waals surface area contributed by atoms with Gasteiger partial charge in [-0.05, 0) is 25.6 Å². The van der Waals surface area contributed by atoms with Crippen molar-refractivity contribution in [2.45, 2.75) is 6.42 Å². The van der Waals surface area contributed by atoms with Crippen LogP contribution >= 0.6 is 11.8 Å². The molecule has 0 radical (unpaired) electrons. The molecular formula is C11H24N2OS. The van der Waals surface area contributed by atoms with Gasteiger partial charge in [0.1, 0.15) is 0 Å². The monoisotopic (exact) mass is 232 g/mol. The molecule has 1 rings (SSSR count). The molecular weight excluding hydrogens is 208 g/mol. The van der Waals surface area contributed by atoms with Crippen molar-refractivity contribution in [2.75, 3.05) is 58.4 Å². The topological polar surface area (TPSA) is 24.5 Å². The van der Waals surface area contributed by atoms with Crippen LogP contribution in [0.3, 0.4) is 0 Å². The quantitative estimate of drug-likeness (QED) is 0.629. The predicted octanol–water partition coefficient (Wildman–Crippen LogP) is 0.907. The smallest absolute Gasteiger partial charge is 0.0507 e. The van der Waals surface area contributed by atoms with Gasteiger partial charge >= 0.3 is 0 Å². The number of hydrogen-bond donors (Lipinski definition) is 1. The van der Waals surface area contributed by atoms with Gasteiger partial charge in [-0.15, -0.1) is 0 Å². The zero-order valence-corrected chi connectivity index (χ0v) is 10.8. The van der Waals surface area contributed by atoms with E-state index in [4.69, 9.17) is 4.74 Å². The van der Waals surface area contributed by atoms with Gasteiger partial charge in [-0.25, -0.2) is 0 Å². The lowest BCUT2D eigenvalue weighted by Gasteiger charge is -2.17. The van der Waals surface area contributed by atoms with E-state index in [0.717, 1.165) is 38.8 Å². The zero-order valence-electron chi connectivity index (χ0n) is 10.00. The Hall–Kier alpha value is 0.230. The first-order chi connectivity index (χ1) is 7.33. The van der Waals surface area contributed by atoms with Gasteiger partial charge < -0.3 is 15.0 Å². The highest BCUT2D eigenvalue weighted by Gasteiger charge is 2.14. The molecule has 1 N–H and O–H groups in total. The largest absolute Gasteiger partial charge is 0.381 e. The Morgan fingerprint density at radius 1 is 1.47 bits per heavy atom. The maximum absolute atomic E-state index is 5.34. The first-order valence-corrected chi connectivity index (χ1v) is 7.18. The van der Waals surface area contributed by atoms with E-state index < -0.39 is 0 Å². The average molecular weight is 232 g/mol. The molecule has 1 heterocycles. The lowest BCUT2D eigenvalue weighted by atomic mass is 10.1. The van der Waals surface area contributed by atoms with Crippen LogP contribution < -0.4 is 5.32 Å². The van der Waals surface area contributed by atoms with Gasteiger partial charge in [-0.1, -0.05) is 0 Å². The Morgan fingerprint density at radius 3 is 3.00 bits per heavy atom. The fourth-order valence-electron chi connectivity index (χ4n) is 1.68. The molecule has 1 unspecified atom stereocenters. The predicted molar refractivity (Wildman–Crippen MR) is 67.7 cm³/mol. The molecule has 1 aliphatic rings. The average Bonchev–Trinajstić information content (AvgIpc) is 2.74. The number of ether oxygens (including phenoxy) is 1. The second kappa shape index (κ2) is 8.39. The first-order valence-electron chi connectivity index (χ1n) is 5.79. The van der Waals surface area contributed by atoms with E-state index in [9.17, 15) is 0 Å². The Labute approximate surface area is 97.9 Å². The van der Waals surface area contributed by atoms with Crippen molar-refractivity contribution in [3.63, 3.8) is 0 Å². The number of likely N-dealkylation sites (N-methyl/N-ethyl adjacent to an activating group) is 1. The number of nitrogens with zero attached hydrogens (tertiary/aromatic N) is 1. The number of rotatable bonds is 8. The van der Waals surface area contributed by atoms with Crippen LogP contribution in [0.2, 0.25) is 0 Å². The van der Waals surface area contributed by atoms with E-state index in [0.29, 0.717) is 0 Å². The fraction of sp³-hybridized carbons (Fsp3) is 1.00. The van der Waals surface area contributed by atoms with Crippen molar-refractivity contribution in [2.24, 2.45) is 5.92 Å². The van der Waals surface area contributed by atoms with Crippen molar-refractivity contribution in [3.05, 3.63) is 0 Å². The lowest BCUT2D eigenvalue weighted by molar-refractivity contribution is 0.185. The van der Waals surface area contributed by atoms with Crippen LogP contribution in [0.5, 0.6) is 0 Å². The third-order valence-electron chi connectivity index (χ3n) is 2.80. The minimum atomic E-state index is 0.751. The van der Waals surface area contributed by atoms with Crippen molar-refractivity contribution in [1.82, 2.24) is 10.2 Å². The molecule has 0 saturated carbocycles.